The molecule has 2 aliphatic rings. The van der Waals surface area contributed by atoms with Crippen molar-refractivity contribution in [3.8, 4) is 5.88 Å². The first kappa shape index (κ1) is 13.8. The van der Waals surface area contributed by atoms with E-state index in [4.69, 9.17) is 9.47 Å². The predicted octanol–water partition coefficient (Wildman–Crippen LogP) is 2.15. The minimum atomic E-state index is -0.397. The van der Waals surface area contributed by atoms with Gasteiger partial charge in [-0.05, 0) is 56.8 Å². The molecule has 2 fully saturated rings. The normalized spacial score (nSPS) is 24.9. The fourth-order valence-electron chi connectivity index (χ4n) is 3.37. The van der Waals surface area contributed by atoms with Gasteiger partial charge in [-0.25, -0.2) is 9.37 Å². The summed E-state index contributed by atoms with van der Waals surface area (Å²) in [6, 6.07) is 2.94. The van der Waals surface area contributed by atoms with Gasteiger partial charge in [0.15, 0.2) is 5.82 Å². The van der Waals surface area contributed by atoms with E-state index in [1.807, 2.05) is 0 Å². The quantitative estimate of drug-likeness (QED) is 0.918. The Morgan fingerprint density at radius 2 is 2.30 bits per heavy atom. The van der Waals surface area contributed by atoms with Gasteiger partial charge in [-0.15, -0.1) is 0 Å². The second-order valence-electron chi connectivity index (χ2n) is 5.58. The van der Waals surface area contributed by atoms with Crippen LogP contribution in [0.25, 0.3) is 0 Å². The molecule has 0 amide bonds. The first-order valence-corrected chi connectivity index (χ1v) is 7.38. The zero-order chi connectivity index (χ0) is 13.8. The van der Waals surface area contributed by atoms with Crippen molar-refractivity contribution in [3.05, 3.63) is 24.1 Å². The van der Waals surface area contributed by atoms with Crippen LogP contribution in [0, 0.1) is 11.7 Å². The highest BCUT2D eigenvalue weighted by atomic mass is 19.1. The van der Waals surface area contributed by atoms with Crippen LogP contribution in [0.5, 0.6) is 5.88 Å². The predicted molar refractivity (Wildman–Crippen MR) is 73.2 cm³/mol. The molecule has 1 aromatic rings. The lowest BCUT2D eigenvalue weighted by atomic mass is 9.78. The van der Waals surface area contributed by atoms with Crippen LogP contribution in [0.1, 0.15) is 25.7 Å². The highest BCUT2D eigenvalue weighted by Gasteiger charge is 2.44. The molecule has 1 spiro atoms. The Kier molecular flexibility index (Phi) is 4.17. The molecule has 2 aliphatic heterocycles. The topological polar surface area (TPSA) is 43.4 Å². The largest absolute Gasteiger partial charge is 0.476 e. The highest BCUT2D eigenvalue weighted by Crippen LogP contribution is 2.40. The van der Waals surface area contributed by atoms with Crippen LogP contribution >= 0.6 is 0 Å². The highest BCUT2D eigenvalue weighted by molar-refractivity contribution is 5.12. The minimum absolute atomic E-state index is 0.0251. The van der Waals surface area contributed by atoms with Crippen LogP contribution in [0.3, 0.4) is 0 Å². The smallest absolute Gasteiger partial charge is 0.250 e. The third kappa shape index (κ3) is 2.79. The number of rotatable bonds is 4. The lowest BCUT2D eigenvalue weighted by molar-refractivity contribution is -0.0483. The first-order chi connectivity index (χ1) is 9.80. The monoisotopic (exact) mass is 280 g/mol. The van der Waals surface area contributed by atoms with Crippen LogP contribution < -0.4 is 10.1 Å². The first-order valence-electron chi connectivity index (χ1n) is 7.38. The third-order valence-corrected chi connectivity index (χ3v) is 4.48. The van der Waals surface area contributed by atoms with Crippen molar-refractivity contribution in [2.45, 2.75) is 31.3 Å². The number of hydrogen-bond donors (Lipinski definition) is 1. The summed E-state index contributed by atoms with van der Waals surface area (Å²) < 4.78 is 24.9. The summed E-state index contributed by atoms with van der Waals surface area (Å²) in [4.78, 5) is 3.91. The molecule has 0 radical (unpaired) electrons. The van der Waals surface area contributed by atoms with Crippen LogP contribution in [0.2, 0.25) is 0 Å². The number of aromatic nitrogens is 1. The van der Waals surface area contributed by atoms with E-state index in [9.17, 15) is 4.39 Å². The van der Waals surface area contributed by atoms with Gasteiger partial charge in [-0.1, -0.05) is 0 Å². The number of ether oxygens (including phenoxy) is 2. The molecule has 20 heavy (non-hydrogen) atoms. The molecular weight excluding hydrogens is 259 g/mol. The Labute approximate surface area is 118 Å². The number of halogens is 1. The fraction of sp³-hybridized carbons (Fsp3) is 0.667. The van der Waals surface area contributed by atoms with E-state index in [-0.39, 0.29) is 11.5 Å². The third-order valence-electron chi connectivity index (χ3n) is 4.48. The Morgan fingerprint density at radius 1 is 1.45 bits per heavy atom. The second-order valence-corrected chi connectivity index (χ2v) is 5.58. The Balaban J connectivity index is 1.54. The van der Waals surface area contributed by atoms with Crippen molar-refractivity contribution in [1.82, 2.24) is 10.3 Å². The molecule has 5 heteroatoms. The van der Waals surface area contributed by atoms with E-state index in [1.165, 1.54) is 6.07 Å². The molecule has 0 unspecified atom stereocenters. The van der Waals surface area contributed by atoms with Gasteiger partial charge < -0.3 is 14.8 Å². The average molecular weight is 280 g/mol. The zero-order valence-electron chi connectivity index (χ0n) is 11.6. The van der Waals surface area contributed by atoms with Gasteiger partial charge in [-0.3, -0.25) is 0 Å². The maximum Gasteiger partial charge on any atom is 0.250 e. The van der Waals surface area contributed by atoms with Crippen molar-refractivity contribution in [3.63, 3.8) is 0 Å². The van der Waals surface area contributed by atoms with Crippen molar-refractivity contribution in [2.75, 3.05) is 26.3 Å². The Bertz CT molecular complexity index is 449. The number of hydrogen-bond acceptors (Lipinski definition) is 4. The van der Waals surface area contributed by atoms with Crippen molar-refractivity contribution < 1.29 is 13.9 Å². The van der Waals surface area contributed by atoms with Gasteiger partial charge in [0.1, 0.15) is 0 Å². The summed E-state index contributed by atoms with van der Waals surface area (Å²) in [5.41, 5.74) is 0.0251. The molecular formula is C15H21FN2O2. The molecule has 0 saturated carbocycles. The van der Waals surface area contributed by atoms with Crippen LogP contribution in [0.15, 0.2) is 18.3 Å². The van der Waals surface area contributed by atoms with E-state index in [0.717, 1.165) is 45.4 Å². The van der Waals surface area contributed by atoms with Gasteiger partial charge in [0.05, 0.1) is 12.2 Å². The number of nitrogens with one attached hydrogen (secondary N) is 1. The maximum absolute atomic E-state index is 13.4. The molecule has 4 nitrogen and oxygen atoms in total. The van der Waals surface area contributed by atoms with Crippen LogP contribution in [-0.4, -0.2) is 36.9 Å². The SMILES string of the molecule is Fc1cccnc1OCC[C@H]1CCOC12CCNCC2. The summed E-state index contributed by atoms with van der Waals surface area (Å²) in [6.45, 7) is 3.37. The molecule has 110 valence electrons. The van der Waals surface area contributed by atoms with E-state index in [0.29, 0.717) is 12.5 Å². The van der Waals surface area contributed by atoms with E-state index >= 15 is 0 Å². The molecule has 3 rings (SSSR count). The van der Waals surface area contributed by atoms with Crippen molar-refractivity contribution in [2.24, 2.45) is 5.92 Å². The molecule has 2 saturated heterocycles. The number of piperidine rings is 1. The van der Waals surface area contributed by atoms with Gasteiger partial charge in [-0.2, -0.15) is 0 Å². The molecule has 0 aliphatic carbocycles. The van der Waals surface area contributed by atoms with E-state index in [1.54, 1.807) is 12.3 Å². The van der Waals surface area contributed by atoms with E-state index < -0.39 is 5.82 Å². The molecule has 1 aromatic heterocycles. The summed E-state index contributed by atoms with van der Waals surface area (Å²) in [6.07, 6.45) is 5.65. The van der Waals surface area contributed by atoms with Crippen LogP contribution in [-0.2, 0) is 4.74 Å². The van der Waals surface area contributed by atoms with Gasteiger partial charge in [0.25, 0.3) is 0 Å². The maximum atomic E-state index is 13.4. The Morgan fingerprint density at radius 3 is 3.10 bits per heavy atom. The molecule has 1 atom stereocenters. The number of nitrogens with zero attached hydrogens (tertiary/aromatic N) is 1. The lowest BCUT2D eigenvalue weighted by Crippen LogP contribution is -2.46. The minimum Gasteiger partial charge on any atom is -0.476 e. The number of pyridine rings is 1. The van der Waals surface area contributed by atoms with Crippen molar-refractivity contribution >= 4 is 0 Å². The van der Waals surface area contributed by atoms with Crippen molar-refractivity contribution in [1.29, 1.82) is 0 Å². The van der Waals surface area contributed by atoms with Crippen LogP contribution in [0.4, 0.5) is 4.39 Å². The molecule has 1 N–H and O–H groups in total. The fourth-order valence-corrected chi connectivity index (χ4v) is 3.37. The summed E-state index contributed by atoms with van der Waals surface area (Å²) in [7, 11) is 0. The second kappa shape index (κ2) is 6.06. The van der Waals surface area contributed by atoms with Gasteiger partial charge >= 0.3 is 0 Å². The summed E-state index contributed by atoms with van der Waals surface area (Å²) in [5.74, 6) is 0.217. The Hall–Kier alpha value is -1.20. The molecule has 3 heterocycles. The molecule has 0 bridgehead atoms. The molecule has 0 aromatic carbocycles. The van der Waals surface area contributed by atoms with Gasteiger partial charge in [0.2, 0.25) is 5.88 Å². The van der Waals surface area contributed by atoms with Gasteiger partial charge in [0, 0.05) is 12.8 Å². The van der Waals surface area contributed by atoms with E-state index in [2.05, 4.69) is 10.3 Å². The summed E-state index contributed by atoms with van der Waals surface area (Å²) >= 11 is 0. The lowest BCUT2D eigenvalue weighted by Gasteiger charge is -2.38. The zero-order valence-corrected chi connectivity index (χ0v) is 11.6. The standard InChI is InChI=1S/C15H21FN2O2/c16-13-2-1-7-18-14(13)19-10-3-12-4-11-20-15(12)5-8-17-9-6-15/h1-2,7,12,17H,3-6,8-11H2/t12-/m0/s1. The average Bonchev–Trinajstić information content (AvgIpc) is 2.84. The summed E-state index contributed by atoms with van der Waals surface area (Å²) in [5, 5.41) is 3.38.